The highest BCUT2D eigenvalue weighted by atomic mass is 16.4. The minimum atomic E-state index is -1.62. The zero-order valence-corrected chi connectivity index (χ0v) is 25.4. The predicted octanol–water partition coefficient (Wildman–Crippen LogP) is 8.98. The molecule has 1 unspecified atom stereocenters. The minimum absolute atomic E-state index is 0.380. The maximum absolute atomic E-state index is 12.7. The van der Waals surface area contributed by atoms with Gasteiger partial charge in [-0.05, 0) is 23.1 Å². The molecule has 3 rings (SSSR count). The summed E-state index contributed by atoms with van der Waals surface area (Å²) in [5.41, 5.74) is 0.0200. The lowest BCUT2D eigenvalue weighted by molar-refractivity contribution is -0.129. The molecular formula is C38H54O3. The summed E-state index contributed by atoms with van der Waals surface area (Å²) < 4.78 is 0. The molecule has 0 radical (unpaired) electrons. The maximum atomic E-state index is 12.7. The molecule has 0 saturated heterocycles. The first-order chi connectivity index (χ1) is 20.1. The monoisotopic (exact) mass is 558 g/mol. The van der Waals surface area contributed by atoms with Gasteiger partial charge in [-0.3, -0.25) is 0 Å². The lowest BCUT2D eigenvalue weighted by Crippen LogP contribution is -2.61. The Morgan fingerprint density at radius 1 is 0.512 bits per heavy atom. The summed E-state index contributed by atoms with van der Waals surface area (Å²) in [4.78, 5) is 0. The van der Waals surface area contributed by atoms with Gasteiger partial charge in [-0.2, -0.15) is 0 Å². The average Bonchev–Trinajstić information content (AvgIpc) is 3.02. The fourth-order valence-electron chi connectivity index (χ4n) is 6.66. The zero-order chi connectivity index (χ0) is 29.2. The summed E-state index contributed by atoms with van der Waals surface area (Å²) in [7, 11) is 0. The first-order valence-electron chi connectivity index (χ1n) is 16.3. The van der Waals surface area contributed by atoms with Crippen LogP contribution >= 0.6 is 0 Å². The van der Waals surface area contributed by atoms with Gasteiger partial charge in [0.15, 0.2) is 0 Å². The fourth-order valence-corrected chi connectivity index (χ4v) is 6.66. The molecule has 2 atom stereocenters. The van der Waals surface area contributed by atoms with Gasteiger partial charge in [0.05, 0.1) is 12.0 Å². The van der Waals surface area contributed by atoms with Gasteiger partial charge in [0.25, 0.3) is 0 Å². The number of aliphatic hydroxyl groups excluding tert-OH is 2. The van der Waals surface area contributed by atoms with E-state index in [2.05, 4.69) is 6.92 Å². The molecule has 3 N–H and O–H groups in total. The maximum Gasteiger partial charge on any atom is 0.110 e. The zero-order valence-electron chi connectivity index (χ0n) is 25.4. The summed E-state index contributed by atoms with van der Waals surface area (Å²) in [5, 5.41) is 34.4. The number of rotatable bonds is 21. The highest BCUT2D eigenvalue weighted by Crippen LogP contribution is 2.51. The fraction of sp³-hybridized carbons (Fsp3) is 0.526. The van der Waals surface area contributed by atoms with Crippen LogP contribution in [0.5, 0.6) is 0 Å². The summed E-state index contributed by atoms with van der Waals surface area (Å²) in [6.45, 7) is 1.76. The molecule has 0 heterocycles. The van der Waals surface area contributed by atoms with Crippen molar-refractivity contribution >= 4 is 0 Å². The van der Waals surface area contributed by atoms with Gasteiger partial charge in [0, 0.05) is 0 Å². The molecular weight excluding hydrogens is 504 g/mol. The van der Waals surface area contributed by atoms with Crippen molar-refractivity contribution in [3.63, 3.8) is 0 Å². The Morgan fingerprint density at radius 2 is 0.829 bits per heavy atom. The third-order valence-electron chi connectivity index (χ3n) is 8.91. The standard InChI is InChI=1S/C38H54O3/c1-2-3-4-5-6-7-8-9-10-11-12-13-14-24-31-37(41,36(40)32-39)38(33-25-18-15-19-26-33,34-27-20-16-21-28-34)35-29-22-17-23-30-35/h15-23,25-30,36,39-41H,2-14,24,31-32H2,1H3/t36-,37?/m0/s1. The van der Waals surface area contributed by atoms with Crippen molar-refractivity contribution in [2.45, 2.75) is 120 Å². The van der Waals surface area contributed by atoms with E-state index in [1.165, 1.54) is 70.6 Å². The molecule has 3 aromatic rings. The van der Waals surface area contributed by atoms with Gasteiger partial charge in [0.1, 0.15) is 11.7 Å². The van der Waals surface area contributed by atoms with Crippen molar-refractivity contribution in [3.05, 3.63) is 108 Å². The molecule has 0 fully saturated rings. The number of unbranched alkanes of at least 4 members (excludes halogenated alkanes) is 13. The molecule has 224 valence electrons. The highest BCUT2D eigenvalue weighted by Gasteiger charge is 2.57. The molecule has 41 heavy (non-hydrogen) atoms. The van der Waals surface area contributed by atoms with Gasteiger partial charge in [-0.1, -0.05) is 188 Å². The molecule has 3 nitrogen and oxygen atoms in total. The van der Waals surface area contributed by atoms with Crippen LogP contribution in [0, 0.1) is 0 Å². The van der Waals surface area contributed by atoms with E-state index in [0.29, 0.717) is 6.42 Å². The SMILES string of the molecule is CCCCCCCCCCCCCCCCC(O)([C@@H](O)CO)C(c1ccccc1)(c1ccccc1)c1ccccc1. The van der Waals surface area contributed by atoms with Crippen molar-refractivity contribution in [1.29, 1.82) is 0 Å². The van der Waals surface area contributed by atoms with Gasteiger partial charge < -0.3 is 15.3 Å². The van der Waals surface area contributed by atoms with Crippen molar-refractivity contribution in [3.8, 4) is 0 Å². The number of benzene rings is 3. The van der Waals surface area contributed by atoms with E-state index >= 15 is 0 Å². The number of aliphatic hydroxyl groups is 3. The second-order valence-corrected chi connectivity index (χ2v) is 11.8. The van der Waals surface area contributed by atoms with Crippen LogP contribution in [0.1, 0.15) is 120 Å². The number of hydrogen-bond acceptors (Lipinski definition) is 3. The summed E-state index contributed by atoms with van der Waals surface area (Å²) >= 11 is 0. The average molecular weight is 559 g/mol. The lowest BCUT2D eigenvalue weighted by atomic mass is 9.56. The predicted molar refractivity (Wildman–Crippen MR) is 172 cm³/mol. The molecule has 0 spiro atoms. The normalized spacial score (nSPS) is 14.0. The molecule has 0 bridgehead atoms. The first-order valence-corrected chi connectivity index (χ1v) is 16.3. The Bertz CT molecular complexity index is 956. The minimum Gasteiger partial charge on any atom is -0.394 e. The van der Waals surface area contributed by atoms with Crippen LogP contribution in [-0.2, 0) is 5.41 Å². The van der Waals surface area contributed by atoms with Crippen LogP contribution in [0.3, 0.4) is 0 Å². The van der Waals surface area contributed by atoms with E-state index < -0.39 is 23.7 Å². The van der Waals surface area contributed by atoms with Crippen LogP contribution in [0.2, 0.25) is 0 Å². The van der Waals surface area contributed by atoms with Crippen LogP contribution < -0.4 is 0 Å². The van der Waals surface area contributed by atoms with E-state index in [0.717, 1.165) is 36.0 Å². The van der Waals surface area contributed by atoms with Crippen LogP contribution in [-0.4, -0.2) is 33.6 Å². The first kappa shape index (κ1) is 33.0. The smallest absolute Gasteiger partial charge is 0.110 e. The second kappa shape index (κ2) is 18.2. The Kier molecular flexibility index (Phi) is 14.6. The topological polar surface area (TPSA) is 60.7 Å². The Hall–Kier alpha value is -2.46. The molecule has 3 aromatic carbocycles. The molecule has 0 aliphatic rings. The largest absolute Gasteiger partial charge is 0.394 e. The van der Waals surface area contributed by atoms with Crippen molar-refractivity contribution in [2.24, 2.45) is 0 Å². The summed E-state index contributed by atoms with van der Waals surface area (Å²) in [5.74, 6) is 0. The van der Waals surface area contributed by atoms with E-state index in [1.807, 2.05) is 91.0 Å². The second-order valence-electron chi connectivity index (χ2n) is 11.8. The van der Waals surface area contributed by atoms with Crippen LogP contribution in [0.25, 0.3) is 0 Å². The molecule has 0 aliphatic heterocycles. The third kappa shape index (κ3) is 8.77. The van der Waals surface area contributed by atoms with E-state index in [4.69, 9.17) is 0 Å². The lowest BCUT2D eigenvalue weighted by Gasteiger charge is -2.51. The van der Waals surface area contributed by atoms with E-state index in [-0.39, 0.29) is 0 Å². The van der Waals surface area contributed by atoms with Crippen molar-refractivity contribution in [2.75, 3.05) is 6.61 Å². The van der Waals surface area contributed by atoms with E-state index in [1.54, 1.807) is 0 Å². The van der Waals surface area contributed by atoms with E-state index in [9.17, 15) is 15.3 Å². The Morgan fingerprint density at radius 3 is 1.15 bits per heavy atom. The number of hydrogen-bond donors (Lipinski definition) is 3. The van der Waals surface area contributed by atoms with Crippen LogP contribution in [0.15, 0.2) is 91.0 Å². The molecule has 0 aromatic heterocycles. The highest BCUT2D eigenvalue weighted by molar-refractivity contribution is 5.54. The molecule has 0 saturated carbocycles. The Balaban J connectivity index is 1.70. The van der Waals surface area contributed by atoms with Gasteiger partial charge in [0.2, 0.25) is 0 Å². The van der Waals surface area contributed by atoms with Crippen molar-refractivity contribution < 1.29 is 15.3 Å². The molecule has 0 aliphatic carbocycles. The van der Waals surface area contributed by atoms with Gasteiger partial charge in [-0.15, -0.1) is 0 Å². The van der Waals surface area contributed by atoms with Crippen LogP contribution in [0.4, 0.5) is 0 Å². The summed E-state index contributed by atoms with van der Waals surface area (Å²) in [6.07, 6.45) is 16.7. The quantitative estimate of drug-likeness (QED) is 0.0903. The van der Waals surface area contributed by atoms with Crippen molar-refractivity contribution in [1.82, 2.24) is 0 Å². The molecule has 3 heteroatoms. The van der Waals surface area contributed by atoms with Gasteiger partial charge >= 0.3 is 0 Å². The third-order valence-corrected chi connectivity index (χ3v) is 8.91. The van der Waals surface area contributed by atoms with Gasteiger partial charge in [-0.25, -0.2) is 0 Å². The molecule has 0 amide bonds. The Labute approximate surface area is 249 Å². The summed E-state index contributed by atoms with van der Waals surface area (Å²) in [6, 6.07) is 30.0.